The van der Waals surface area contributed by atoms with E-state index in [9.17, 15) is 14.9 Å². The summed E-state index contributed by atoms with van der Waals surface area (Å²) in [6.45, 7) is 1.68. The number of furan rings is 1. The fourth-order valence-electron chi connectivity index (χ4n) is 1.53. The van der Waals surface area contributed by atoms with Gasteiger partial charge in [-0.15, -0.1) is 0 Å². The monoisotopic (exact) mass is 273 g/mol. The van der Waals surface area contributed by atoms with E-state index in [4.69, 9.17) is 4.42 Å². The zero-order valence-corrected chi connectivity index (χ0v) is 10.6. The maximum absolute atomic E-state index is 11.7. The van der Waals surface area contributed by atoms with E-state index < -0.39 is 4.92 Å². The number of benzene rings is 1. The summed E-state index contributed by atoms with van der Waals surface area (Å²) in [5.74, 6) is 0.127. The summed E-state index contributed by atoms with van der Waals surface area (Å²) in [6, 6.07) is 7.35. The van der Waals surface area contributed by atoms with Gasteiger partial charge in [0.25, 0.3) is 11.6 Å². The third kappa shape index (κ3) is 3.08. The molecule has 2 rings (SSSR count). The molecule has 0 bridgehead atoms. The second kappa shape index (κ2) is 5.79. The van der Waals surface area contributed by atoms with Crippen molar-refractivity contribution in [1.82, 2.24) is 5.43 Å². The molecule has 0 spiro atoms. The van der Waals surface area contributed by atoms with Gasteiger partial charge in [-0.05, 0) is 30.7 Å². The minimum Gasteiger partial charge on any atom is -0.469 e. The van der Waals surface area contributed by atoms with Crippen molar-refractivity contribution in [3.05, 3.63) is 63.6 Å². The first-order valence-electron chi connectivity index (χ1n) is 5.70. The van der Waals surface area contributed by atoms with Crippen molar-refractivity contribution in [3.8, 4) is 0 Å². The van der Waals surface area contributed by atoms with E-state index in [1.54, 1.807) is 13.0 Å². The minimum atomic E-state index is -0.482. The summed E-state index contributed by atoms with van der Waals surface area (Å²) < 4.78 is 5.01. The van der Waals surface area contributed by atoms with Crippen LogP contribution in [0.2, 0.25) is 0 Å². The minimum absolute atomic E-state index is 0.000192. The Balaban J connectivity index is 1.98. The van der Waals surface area contributed by atoms with Gasteiger partial charge in [0, 0.05) is 12.1 Å². The molecule has 2 aromatic rings. The Hall–Kier alpha value is -2.96. The van der Waals surface area contributed by atoms with E-state index in [-0.39, 0.29) is 11.6 Å². The predicted octanol–water partition coefficient (Wildman–Crippen LogP) is 2.26. The third-order valence-corrected chi connectivity index (χ3v) is 2.59. The number of aryl methyl sites for hydroxylation is 1. The molecule has 1 N–H and O–H groups in total. The number of carbonyl (C=O) groups excluding carboxylic acids is 1. The SMILES string of the molecule is Cc1occc1C(=O)N/N=C/c1ccc([N+](=O)[O-])cc1. The lowest BCUT2D eigenvalue weighted by atomic mass is 10.2. The van der Waals surface area contributed by atoms with E-state index >= 15 is 0 Å². The molecule has 1 aromatic carbocycles. The normalized spacial score (nSPS) is 10.7. The fraction of sp³-hybridized carbons (Fsp3) is 0.0769. The number of hydrazone groups is 1. The average Bonchev–Trinajstić information content (AvgIpc) is 2.85. The summed E-state index contributed by atoms with van der Waals surface area (Å²) in [6.07, 6.45) is 2.82. The van der Waals surface area contributed by atoms with Crippen LogP contribution in [0.25, 0.3) is 0 Å². The molecule has 0 radical (unpaired) electrons. The summed E-state index contributed by atoms with van der Waals surface area (Å²) in [5, 5.41) is 14.3. The molecule has 0 saturated heterocycles. The van der Waals surface area contributed by atoms with Crippen molar-refractivity contribution in [2.75, 3.05) is 0 Å². The van der Waals surface area contributed by atoms with Crippen LogP contribution in [-0.4, -0.2) is 17.0 Å². The first-order chi connectivity index (χ1) is 9.58. The van der Waals surface area contributed by atoms with E-state index in [1.807, 2.05) is 0 Å². The molecule has 0 aliphatic heterocycles. The Bertz CT molecular complexity index is 659. The molecule has 7 heteroatoms. The van der Waals surface area contributed by atoms with E-state index in [2.05, 4.69) is 10.5 Å². The van der Waals surface area contributed by atoms with E-state index in [0.29, 0.717) is 16.9 Å². The van der Waals surface area contributed by atoms with Crippen LogP contribution >= 0.6 is 0 Å². The molecular weight excluding hydrogens is 262 g/mol. The van der Waals surface area contributed by atoms with Crippen molar-refractivity contribution in [3.63, 3.8) is 0 Å². The Kier molecular flexibility index (Phi) is 3.90. The number of hydrogen-bond acceptors (Lipinski definition) is 5. The summed E-state index contributed by atoms with van der Waals surface area (Å²) >= 11 is 0. The summed E-state index contributed by atoms with van der Waals surface area (Å²) in [7, 11) is 0. The van der Waals surface area contributed by atoms with E-state index in [0.717, 1.165) is 0 Å². The topological polar surface area (TPSA) is 97.7 Å². The number of carbonyl (C=O) groups is 1. The molecule has 0 unspecified atom stereocenters. The van der Waals surface area contributed by atoms with Crippen molar-refractivity contribution < 1.29 is 14.1 Å². The molecule has 102 valence electrons. The van der Waals surface area contributed by atoms with Crippen LogP contribution in [0, 0.1) is 17.0 Å². The van der Waals surface area contributed by atoms with Gasteiger partial charge in [0.05, 0.1) is 23.0 Å². The van der Waals surface area contributed by atoms with Crippen molar-refractivity contribution in [2.45, 2.75) is 6.92 Å². The number of non-ortho nitro benzene ring substituents is 1. The molecule has 0 saturated carbocycles. The molecule has 1 amide bonds. The lowest BCUT2D eigenvalue weighted by Gasteiger charge is -1.97. The molecule has 0 fully saturated rings. The number of nitrogens with zero attached hydrogens (tertiary/aromatic N) is 2. The lowest BCUT2D eigenvalue weighted by molar-refractivity contribution is -0.384. The van der Waals surface area contributed by atoms with Gasteiger partial charge in [-0.3, -0.25) is 14.9 Å². The van der Waals surface area contributed by atoms with Crippen LogP contribution in [0.5, 0.6) is 0 Å². The number of nitrogens with one attached hydrogen (secondary N) is 1. The Morgan fingerprint density at radius 2 is 2.05 bits per heavy atom. The second-order valence-electron chi connectivity index (χ2n) is 3.94. The van der Waals surface area contributed by atoms with Crippen molar-refractivity contribution in [2.24, 2.45) is 5.10 Å². The van der Waals surface area contributed by atoms with Gasteiger partial charge in [-0.25, -0.2) is 5.43 Å². The summed E-state index contributed by atoms with van der Waals surface area (Å²) in [4.78, 5) is 21.7. The second-order valence-corrected chi connectivity index (χ2v) is 3.94. The van der Waals surface area contributed by atoms with E-state index in [1.165, 1.54) is 36.7 Å². The highest BCUT2D eigenvalue weighted by Crippen LogP contribution is 2.10. The first-order valence-corrected chi connectivity index (χ1v) is 5.70. The van der Waals surface area contributed by atoms with Gasteiger partial charge in [0.15, 0.2) is 0 Å². The maximum atomic E-state index is 11.7. The number of nitro benzene ring substituents is 1. The van der Waals surface area contributed by atoms with Crippen molar-refractivity contribution in [1.29, 1.82) is 0 Å². The highest BCUT2D eigenvalue weighted by molar-refractivity contribution is 5.95. The smallest absolute Gasteiger partial charge is 0.274 e. The van der Waals surface area contributed by atoms with Gasteiger partial charge < -0.3 is 4.42 Å². The number of amides is 1. The molecule has 20 heavy (non-hydrogen) atoms. The molecule has 0 aliphatic rings. The van der Waals surface area contributed by atoms with Gasteiger partial charge in [-0.2, -0.15) is 5.10 Å². The predicted molar refractivity (Wildman–Crippen MR) is 71.6 cm³/mol. The maximum Gasteiger partial charge on any atom is 0.274 e. The molecule has 1 heterocycles. The average molecular weight is 273 g/mol. The van der Waals surface area contributed by atoms with Crippen LogP contribution in [-0.2, 0) is 0 Å². The third-order valence-electron chi connectivity index (χ3n) is 2.59. The Morgan fingerprint density at radius 3 is 2.60 bits per heavy atom. The molecule has 7 nitrogen and oxygen atoms in total. The van der Waals surface area contributed by atoms with Crippen LogP contribution in [0.15, 0.2) is 46.1 Å². The van der Waals surface area contributed by atoms with Gasteiger partial charge in [0.2, 0.25) is 0 Å². The molecular formula is C13H11N3O4. The standard InChI is InChI=1S/C13H11N3O4/c1-9-12(6-7-20-9)13(17)15-14-8-10-2-4-11(5-3-10)16(18)19/h2-8H,1H3,(H,15,17)/b14-8+. The lowest BCUT2D eigenvalue weighted by Crippen LogP contribution is -2.17. The van der Waals surface area contributed by atoms with Gasteiger partial charge >= 0.3 is 0 Å². The van der Waals surface area contributed by atoms with Crippen LogP contribution < -0.4 is 5.43 Å². The quantitative estimate of drug-likeness (QED) is 0.524. The summed E-state index contributed by atoms with van der Waals surface area (Å²) in [5.41, 5.74) is 3.40. The van der Waals surface area contributed by atoms with Crippen LogP contribution in [0.1, 0.15) is 21.7 Å². The first kappa shape index (κ1) is 13.5. The fourth-order valence-corrected chi connectivity index (χ4v) is 1.53. The Labute approximate surface area is 114 Å². The van der Waals surface area contributed by atoms with Crippen LogP contribution in [0.3, 0.4) is 0 Å². The zero-order chi connectivity index (χ0) is 14.5. The molecule has 1 aromatic heterocycles. The highest BCUT2D eigenvalue weighted by atomic mass is 16.6. The van der Waals surface area contributed by atoms with Crippen molar-refractivity contribution >= 4 is 17.8 Å². The number of nitro groups is 1. The van der Waals surface area contributed by atoms with Crippen LogP contribution in [0.4, 0.5) is 5.69 Å². The van der Waals surface area contributed by atoms with Gasteiger partial charge in [-0.1, -0.05) is 0 Å². The molecule has 0 aliphatic carbocycles. The highest BCUT2D eigenvalue weighted by Gasteiger charge is 2.09. The number of rotatable bonds is 4. The Morgan fingerprint density at radius 1 is 1.35 bits per heavy atom. The largest absolute Gasteiger partial charge is 0.469 e. The van der Waals surface area contributed by atoms with Gasteiger partial charge in [0.1, 0.15) is 5.76 Å². The molecule has 0 atom stereocenters. The number of hydrogen-bond donors (Lipinski definition) is 1. The zero-order valence-electron chi connectivity index (χ0n) is 10.6.